The molecule has 0 aliphatic carbocycles. The van der Waals surface area contributed by atoms with E-state index < -0.39 is 83.7 Å². The standard InChI is InChI=1S/C48H83N3O16P2/c1-3-5-7-8-9-10-11-12-13-14-15-18-22-25-29-33-44(54)65-40(36-62-43(53)32-28-24-21-19-16-17-20-23-27-31-39(52)30-26-6-4-2)37-63-68(58,59)67-69(60,61)64-38-41-45(55)46(56)47(66-41)51-35-34-42(49)50-48(51)57/h20,23,27,31,34-35,40-41,45-47,55-56H,3-19,21-22,24-26,28-30,32-33,36-38H2,1-2H3,(H,58,59)(H,60,61)(H2,49,50,57)/b23-20-,31-27+/t40-,41-,45-,46-,47-/m1/s1. The SMILES string of the molecule is CCCCCCCCCCCCCCCCCC(=O)O[C@H](COC(=O)CCCCCCC/C=C\C=C\C(=O)CCCCC)COP(=O)(O)OP(=O)(O)OC[C@H]1O[C@@H](n2ccc(N)nc2=O)[C@H](O)[C@@H]1O. The molecular weight excluding hydrogens is 936 g/mol. The number of anilines is 1. The van der Waals surface area contributed by atoms with E-state index in [1.54, 1.807) is 12.2 Å². The van der Waals surface area contributed by atoms with Crippen molar-refractivity contribution < 1.29 is 71.1 Å². The van der Waals surface area contributed by atoms with Crippen molar-refractivity contribution in [3.63, 3.8) is 0 Å². The Morgan fingerprint density at radius 1 is 0.725 bits per heavy atom. The third-order valence-corrected chi connectivity index (χ3v) is 14.1. The molecule has 1 fully saturated rings. The lowest BCUT2D eigenvalue weighted by molar-refractivity contribution is -0.161. The Bertz CT molecular complexity index is 1810. The van der Waals surface area contributed by atoms with E-state index in [0.29, 0.717) is 19.3 Å². The largest absolute Gasteiger partial charge is 0.481 e. The van der Waals surface area contributed by atoms with Crippen molar-refractivity contribution in [2.24, 2.45) is 0 Å². The lowest BCUT2D eigenvalue weighted by atomic mass is 10.0. The van der Waals surface area contributed by atoms with Crippen molar-refractivity contribution in [2.75, 3.05) is 25.6 Å². The van der Waals surface area contributed by atoms with Crippen LogP contribution < -0.4 is 11.4 Å². The number of esters is 2. The van der Waals surface area contributed by atoms with Crippen LogP contribution in [0.2, 0.25) is 0 Å². The Labute approximate surface area is 409 Å². The number of hydrogen-bond donors (Lipinski definition) is 5. The molecule has 1 aromatic heterocycles. The van der Waals surface area contributed by atoms with Gasteiger partial charge in [0.05, 0.1) is 13.2 Å². The van der Waals surface area contributed by atoms with Crippen LogP contribution in [0.25, 0.3) is 0 Å². The maximum Gasteiger partial charge on any atom is 0.481 e. The predicted molar refractivity (Wildman–Crippen MR) is 262 cm³/mol. The van der Waals surface area contributed by atoms with Gasteiger partial charge in [-0.3, -0.25) is 28.0 Å². The molecule has 7 atom stereocenters. The number of carbonyl (C=O) groups is 3. The van der Waals surface area contributed by atoms with E-state index in [-0.39, 0.29) is 24.4 Å². The lowest BCUT2D eigenvalue weighted by Gasteiger charge is -2.21. The topological polar surface area (TPSA) is 283 Å². The van der Waals surface area contributed by atoms with E-state index in [0.717, 1.165) is 87.8 Å². The second-order valence-corrected chi connectivity index (χ2v) is 20.8. The summed E-state index contributed by atoms with van der Waals surface area (Å²) in [6, 6.07) is 1.24. The second-order valence-electron chi connectivity index (χ2n) is 17.7. The molecular formula is C48H83N3O16P2. The summed E-state index contributed by atoms with van der Waals surface area (Å²) in [5, 5.41) is 20.9. The molecule has 69 heavy (non-hydrogen) atoms. The zero-order valence-corrected chi connectivity index (χ0v) is 42.9. The van der Waals surface area contributed by atoms with Gasteiger partial charge in [-0.2, -0.15) is 9.29 Å². The molecule has 0 aromatic carbocycles. The Hall–Kier alpha value is -3.09. The van der Waals surface area contributed by atoms with E-state index in [1.165, 1.54) is 70.3 Å². The van der Waals surface area contributed by atoms with Crippen LogP contribution in [0.4, 0.5) is 5.82 Å². The van der Waals surface area contributed by atoms with Crippen molar-refractivity contribution >= 4 is 39.2 Å². The van der Waals surface area contributed by atoms with Gasteiger partial charge >= 0.3 is 33.3 Å². The van der Waals surface area contributed by atoms with Gasteiger partial charge in [0, 0.05) is 25.5 Å². The van der Waals surface area contributed by atoms with Crippen molar-refractivity contribution in [2.45, 2.75) is 218 Å². The molecule has 1 aliphatic heterocycles. The Morgan fingerprint density at radius 2 is 1.25 bits per heavy atom. The minimum absolute atomic E-state index is 0.0368. The van der Waals surface area contributed by atoms with Crippen molar-refractivity contribution in [3.05, 3.63) is 47.1 Å². The van der Waals surface area contributed by atoms with Gasteiger partial charge in [0.2, 0.25) is 0 Å². The highest BCUT2D eigenvalue weighted by atomic mass is 31.3. The number of carbonyl (C=O) groups excluding carboxylic acids is 3. The first-order chi connectivity index (χ1) is 33.1. The number of ether oxygens (including phenoxy) is 3. The molecule has 1 aliphatic rings. The number of allylic oxidation sites excluding steroid dienone is 4. The molecule has 21 heteroatoms. The van der Waals surface area contributed by atoms with Crippen LogP contribution in [0.3, 0.4) is 0 Å². The number of aliphatic hydroxyl groups excluding tert-OH is 2. The molecule has 2 rings (SSSR count). The van der Waals surface area contributed by atoms with Gasteiger partial charge < -0.3 is 39.9 Å². The molecule has 1 aromatic rings. The first-order valence-corrected chi connectivity index (χ1v) is 28.3. The summed E-state index contributed by atoms with van der Waals surface area (Å²) < 4.78 is 56.7. The second kappa shape index (κ2) is 36.8. The fraction of sp³-hybridized carbons (Fsp3) is 0.771. The number of phosphoric ester groups is 2. The van der Waals surface area contributed by atoms with E-state index in [2.05, 4.69) is 23.1 Å². The normalized spacial score (nSPS) is 19.4. The zero-order valence-electron chi connectivity index (χ0n) is 41.1. The number of phosphoric acid groups is 2. The van der Waals surface area contributed by atoms with Crippen molar-refractivity contribution in [3.8, 4) is 0 Å². The van der Waals surface area contributed by atoms with E-state index >= 15 is 0 Å². The highest BCUT2D eigenvalue weighted by Crippen LogP contribution is 2.60. The summed E-state index contributed by atoms with van der Waals surface area (Å²) in [4.78, 5) is 73.7. The lowest BCUT2D eigenvalue weighted by Crippen LogP contribution is -2.36. The molecule has 0 saturated carbocycles. The number of rotatable bonds is 42. The summed E-state index contributed by atoms with van der Waals surface area (Å²) in [6.45, 7) is 1.98. The van der Waals surface area contributed by atoms with Crippen LogP contribution in [0.15, 0.2) is 41.4 Å². The number of nitrogens with two attached hydrogens (primary N) is 1. The fourth-order valence-electron chi connectivity index (χ4n) is 7.53. The van der Waals surface area contributed by atoms with Crippen LogP contribution in [-0.2, 0) is 51.1 Å². The van der Waals surface area contributed by atoms with Gasteiger partial charge in [-0.1, -0.05) is 154 Å². The minimum atomic E-state index is -5.44. The fourth-order valence-corrected chi connectivity index (χ4v) is 9.64. The zero-order chi connectivity index (χ0) is 50.8. The number of aromatic nitrogens is 2. The first-order valence-electron chi connectivity index (χ1n) is 25.3. The first kappa shape index (κ1) is 62.0. The number of hydrogen-bond acceptors (Lipinski definition) is 16. The molecule has 0 spiro atoms. The minimum Gasteiger partial charge on any atom is -0.462 e. The quantitative estimate of drug-likeness (QED) is 0.0134. The Morgan fingerprint density at radius 3 is 1.84 bits per heavy atom. The van der Waals surface area contributed by atoms with Crippen LogP contribution in [0.5, 0.6) is 0 Å². The number of nitrogens with zero attached hydrogens (tertiary/aromatic N) is 2. The summed E-state index contributed by atoms with van der Waals surface area (Å²) in [7, 11) is -10.9. The Kier molecular flexibility index (Phi) is 33.1. The highest BCUT2D eigenvalue weighted by molar-refractivity contribution is 7.61. The van der Waals surface area contributed by atoms with Gasteiger partial charge in [0.1, 0.15) is 30.7 Å². The van der Waals surface area contributed by atoms with Gasteiger partial charge in [-0.25, -0.2) is 13.9 Å². The van der Waals surface area contributed by atoms with Gasteiger partial charge in [-0.05, 0) is 44.2 Å². The van der Waals surface area contributed by atoms with Gasteiger partial charge in [0.15, 0.2) is 18.1 Å². The molecule has 396 valence electrons. The summed E-state index contributed by atoms with van der Waals surface area (Å²) in [6.07, 6.45) is 26.6. The summed E-state index contributed by atoms with van der Waals surface area (Å²) in [5.74, 6) is -1.22. The number of nitrogen functional groups attached to an aromatic ring is 1. The van der Waals surface area contributed by atoms with E-state index in [9.17, 15) is 48.3 Å². The molecule has 0 amide bonds. The van der Waals surface area contributed by atoms with E-state index in [4.69, 9.17) is 29.0 Å². The monoisotopic (exact) mass is 1020 g/mol. The maximum absolute atomic E-state index is 12.9. The molecule has 2 unspecified atom stereocenters. The number of aliphatic hydroxyl groups is 2. The van der Waals surface area contributed by atoms with Crippen LogP contribution in [-0.4, -0.2) is 91.5 Å². The third-order valence-electron chi connectivity index (χ3n) is 11.5. The van der Waals surface area contributed by atoms with Crippen LogP contribution >= 0.6 is 15.6 Å². The average molecular weight is 1020 g/mol. The number of ketones is 1. The Balaban J connectivity index is 1.81. The predicted octanol–water partition coefficient (Wildman–Crippen LogP) is 9.40. The molecule has 1 saturated heterocycles. The van der Waals surface area contributed by atoms with E-state index in [1.807, 2.05) is 12.2 Å². The molecule has 19 nitrogen and oxygen atoms in total. The molecule has 0 radical (unpaired) electrons. The third kappa shape index (κ3) is 29.8. The van der Waals surface area contributed by atoms with Crippen molar-refractivity contribution in [1.82, 2.24) is 9.55 Å². The van der Waals surface area contributed by atoms with Crippen LogP contribution in [0.1, 0.15) is 193 Å². The average Bonchev–Trinajstić information content (AvgIpc) is 3.58. The molecule has 0 bridgehead atoms. The molecule has 2 heterocycles. The smallest absolute Gasteiger partial charge is 0.462 e. The summed E-state index contributed by atoms with van der Waals surface area (Å²) >= 11 is 0. The number of unbranched alkanes of at least 4 members (excludes halogenated alkanes) is 21. The van der Waals surface area contributed by atoms with Gasteiger partial charge in [-0.15, -0.1) is 0 Å². The van der Waals surface area contributed by atoms with Gasteiger partial charge in [0.25, 0.3) is 0 Å². The maximum atomic E-state index is 12.9. The summed E-state index contributed by atoms with van der Waals surface area (Å²) in [5.41, 5.74) is 4.58. The van der Waals surface area contributed by atoms with Crippen molar-refractivity contribution in [1.29, 1.82) is 0 Å². The van der Waals surface area contributed by atoms with Crippen LogP contribution in [0, 0.1) is 0 Å². The molecule has 6 N–H and O–H groups in total. The highest BCUT2D eigenvalue weighted by Gasteiger charge is 2.46.